The molecule has 2 rings (SSSR count). The maximum Gasteiger partial charge on any atom is 0.140 e. The smallest absolute Gasteiger partial charge is 0.140 e. The Morgan fingerprint density at radius 3 is 2.67 bits per heavy atom. The highest BCUT2D eigenvalue weighted by molar-refractivity contribution is 5.41. The Morgan fingerprint density at radius 2 is 2.20 bits per heavy atom. The predicted molar refractivity (Wildman–Crippen MR) is 53.7 cm³/mol. The highest BCUT2D eigenvalue weighted by atomic mass is 19.1. The number of aliphatic hydroxyl groups excluding tert-OH is 1. The summed E-state index contributed by atoms with van der Waals surface area (Å²) in [5, 5.41) is 18.4. The van der Waals surface area contributed by atoms with Gasteiger partial charge in [-0.2, -0.15) is 5.26 Å². The van der Waals surface area contributed by atoms with E-state index in [2.05, 4.69) is 0 Å². The summed E-state index contributed by atoms with van der Waals surface area (Å²) in [4.78, 5) is 0. The van der Waals surface area contributed by atoms with Crippen LogP contribution in [0.2, 0.25) is 0 Å². The Labute approximate surface area is 88.0 Å². The van der Waals surface area contributed by atoms with E-state index in [1.54, 1.807) is 19.1 Å². The van der Waals surface area contributed by atoms with Gasteiger partial charge in [0.05, 0.1) is 11.7 Å². The summed E-state index contributed by atoms with van der Waals surface area (Å²) < 4.78 is 13.1. The summed E-state index contributed by atoms with van der Waals surface area (Å²) in [5.74, 6) is -0.498. The molecule has 1 atom stereocenters. The van der Waals surface area contributed by atoms with Crippen molar-refractivity contribution in [3.63, 3.8) is 0 Å². The van der Waals surface area contributed by atoms with Crippen LogP contribution in [0.4, 0.5) is 4.39 Å². The minimum Gasteiger partial charge on any atom is -0.392 e. The molecule has 78 valence electrons. The Hall–Kier alpha value is -1.40. The van der Waals surface area contributed by atoms with Crippen molar-refractivity contribution in [2.75, 3.05) is 0 Å². The molecule has 1 N–H and O–H groups in total. The Bertz CT molecular complexity index is 430. The van der Waals surface area contributed by atoms with Gasteiger partial charge in [0.15, 0.2) is 0 Å². The van der Waals surface area contributed by atoms with E-state index >= 15 is 0 Å². The van der Waals surface area contributed by atoms with Gasteiger partial charge < -0.3 is 5.11 Å². The zero-order chi connectivity index (χ0) is 11.1. The van der Waals surface area contributed by atoms with E-state index in [1.807, 2.05) is 6.07 Å². The summed E-state index contributed by atoms with van der Waals surface area (Å²) in [6.07, 6.45) is 1.36. The SMILES string of the molecule is CC(O)C1(c2ccc(F)c(C#N)c2)CC1. The fraction of sp³-hybridized carbons (Fsp3) is 0.417. The maximum atomic E-state index is 13.1. The molecule has 1 aromatic rings. The molecule has 0 bridgehead atoms. The van der Waals surface area contributed by atoms with Crippen LogP contribution >= 0.6 is 0 Å². The first-order chi connectivity index (χ1) is 7.10. The van der Waals surface area contributed by atoms with Gasteiger partial charge in [0, 0.05) is 5.41 Å². The van der Waals surface area contributed by atoms with Gasteiger partial charge in [0.25, 0.3) is 0 Å². The van der Waals surface area contributed by atoms with Gasteiger partial charge >= 0.3 is 0 Å². The zero-order valence-electron chi connectivity index (χ0n) is 8.50. The van der Waals surface area contributed by atoms with Crippen LogP contribution in [0, 0.1) is 17.1 Å². The Kier molecular flexibility index (Phi) is 2.24. The van der Waals surface area contributed by atoms with E-state index in [9.17, 15) is 9.50 Å². The van der Waals surface area contributed by atoms with E-state index in [1.165, 1.54) is 6.07 Å². The lowest BCUT2D eigenvalue weighted by Crippen LogP contribution is -2.22. The van der Waals surface area contributed by atoms with Crippen molar-refractivity contribution in [2.45, 2.75) is 31.3 Å². The number of rotatable bonds is 2. The number of nitrogens with zero attached hydrogens (tertiary/aromatic N) is 1. The zero-order valence-corrected chi connectivity index (χ0v) is 8.50. The minimum absolute atomic E-state index is 0.0550. The van der Waals surface area contributed by atoms with Crippen molar-refractivity contribution in [1.29, 1.82) is 5.26 Å². The number of aliphatic hydroxyl groups is 1. The van der Waals surface area contributed by atoms with Crippen molar-refractivity contribution in [1.82, 2.24) is 0 Å². The first kappa shape index (κ1) is 10.1. The maximum absolute atomic E-state index is 13.1. The number of hydrogen-bond acceptors (Lipinski definition) is 2. The second-order valence-electron chi connectivity index (χ2n) is 4.14. The Morgan fingerprint density at radius 1 is 1.53 bits per heavy atom. The van der Waals surface area contributed by atoms with E-state index in [0.717, 1.165) is 18.4 Å². The standard InChI is InChI=1S/C12H12FNO/c1-8(15)12(4-5-12)10-2-3-11(13)9(6-10)7-14/h2-3,6,8,15H,4-5H2,1H3. The van der Waals surface area contributed by atoms with E-state index in [-0.39, 0.29) is 11.0 Å². The molecule has 3 heteroatoms. The highest BCUT2D eigenvalue weighted by Gasteiger charge is 2.48. The van der Waals surface area contributed by atoms with E-state index in [4.69, 9.17) is 5.26 Å². The molecule has 0 aliphatic heterocycles. The Balaban J connectivity index is 2.43. The fourth-order valence-electron chi connectivity index (χ4n) is 2.00. The number of halogens is 1. The molecule has 15 heavy (non-hydrogen) atoms. The molecular weight excluding hydrogens is 193 g/mol. The van der Waals surface area contributed by atoms with Crippen LogP contribution in [-0.2, 0) is 5.41 Å². The summed E-state index contributed by atoms with van der Waals surface area (Å²) in [5.41, 5.74) is 0.689. The topological polar surface area (TPSA) is 44.0 Å². The molecular formula is C12H12FNO. The van der Waals surface area contributed by atoms with Crippen molar-refractivity contribution in [3.05, 3.63) is 35.1 Å². The molecule has 1 aliphatic carbocycles. The monoisotopic (exact) mass is 205 g/mol. The summed E-state index contributed by atoms with van der Waals surface area (Å²) in [6, 6.07) is 6.33. The third-order valence-electron chi connectivity index (χ3n) is 3.25. The lowest BCUT2D eigenvalue weighted by Gasteiger charge is -2.19. The summed E-state index contributed by atoms with van der Waals surface area (Å²) in [7, 11) is 0. The predicted octanol–water partition coefficient (Wildman–Crippen LogP) is 2.11. The fourth-order valence-corrected chi connectivity index (χ4v) is 2.00. The molecule has 2 nitrogen and oxygen atoms in total. The van der Waals surface area contributed by atoms with Crippen LogP contribution in [0.25, 0.3) is 0 Å². The largest absolute Gasteiger partial charge is 0.392 e. The van der Waals surface area contributed by atoms with E-state index in [0.29, 0.717) is 0 Å². The van der Waals surface area contributed by atoms with Gasteiger partial charge in [0.2, 0.25) is 0 Å². The third-order valence-corrected chi connectivity index (χ3v) is 3.25. The van der Waals surface area contributed by atoms with Crippen molar-refractivity contribution < 1.29 is 9.50 Å². The van der Waals surface area contributed by atoms with Crippen LogP contribution in [0.3, 0.4) is 0 Å². The molecule has 1 saturated carbocycles. The molecule has 0 amide bonds. The van der Waals surface area contributed by atoms with Crippen molar-refractivity contribution >= 4 is 0 Å². The molecule has 0 radical (unpaired) electrons. The second kappa shape index (κ2) is 3.32. The van der Waals surface area contributed by atoms with Gasteiger partial charge in [0.1, 0.15) is 11.9 Å². The summed E-state index contributed by atoms with van der Waals surface area (Å²) >= 11 is 0. The van der Waals surface area contributed by atoms with Crippen molar-refractivity contribution in [3.8, 4) is 6.07 Å². The third kappa shape index (κ3) is 1.51. The average molecular weight is 205 g/mol. The van der Waals surface area contributed by atoms with Crippen LogP contribution in [-0.4, -0.2) is 11.2 Å². The molecule has 0 aromatic heterocycles. The molecule has 1 aromatic carbocycles. The summed E-state index contributed by atoms with van der Waals surface area (Å²) in [6.45, 7) is 1.74. The minimum atomic E-state index is -0.498. The average Bonchev–Trinajstić information content (AvgIpc) is 2.99. The van der Waals surface area contributed by atoms with Gasteiger partial charge in [-0.25, -0.2) is 4.39 Å². The highest BCUT2D eigenvalue weighted by Crippen LogP contribution is 2.51. The number of hydrogen-bond donors (Lipinski definition) is 1. The van der Waals surface area contributed by atoms with Crippen LogP contribution in [0.15, 0.2) is 18.2 Å². The molecule has 1 unspecified atom stereocenters. The molecule has 1 fully saturated rings. The van der Waals surface area contributed by atoms with Crippen LogP contribution in [0.5, 0.6) is 0 Å². The normalized spacial score (nSPS) is 19.3. The van der Waals surface area contributed by atoms with Gasteiger partial charge in [-0.05, 0) is 37.5 Å². The molecule has 1 aliphatic rings. The first-order valence-corrected chi connectivity index (χ1v) is 4.98. The molecule has 0 heterocycles. The van der Waals surface area contributed by atoms with Gasteiger partial charge in [-0.3, -0.25) is 0 Å². The quantitative estimate of drug-likeness (QED) is 0.803. The van der Waals surface area contributed by atoms with Crippen molar-refractivity contribution in [2.24, 2.45) is 0 Å². The molecule has 0 saturated heterocycles. The number of benzene rings is 1. The lowest BCUT2D eigenvalue weighted by molar-refractivity contribution is 0.150. The van der Waals surface area contributed by atoms with E-state index < -0.39 is 11.9 Å². The lowest BCUT2D eigenvalue weighted by atomic mass is 9.90. The van der Waals surface area contributed by atoms with Crippen LogP contribution in [0.1, 0.15) is 30.9 Å². The number of nitriles is 1. The second-order valence-corrected chi connectivity index (χ2v) is 4.14. The van der Waals surface area contributed by atoms with Gasteiger partial charge in [-0.15, -0.1) is 0 Å². The van der Waals surface area contributed by atoms with Crippen LogP contribution < -0.4 is 0 Å². The molecule has 0 spiro atoms. The first-order valence-electron chi connectivity index (χ1n) is 4.98. The van der Waals surface area contributed by atoms with Gasteiger partial charge in [-0.1, -0.05) is 6.07 Å².